The second-order valence-corrected chi connectivity index (χ2v) is 4.74. The lowest BCUT2D eigenvalue weighted by Crippen LogP contribution is -1.96. The van der Waals surface area contributed by atoms with Crippen molar-refractivity contribution in [2.45, 2.75) is 0 Å². The lowest BCUT2D eigenvalue weighted by molar-refractivity contribution is 1.04. The van der Waals surface area contributed by atoms with Crippen molar-refractivity contribution < 1.29 is 0 Å². The Hall–Kier alpha value is -2.39. The minimum Gasteiger partial charge on any atom is -0.339 e. The number of rotatable bonds is 3. The Balaban J connectivity index is 1.78. The van der Waals surface area contributed by atoms with Gasteiger partial charge in [0, 0.05) is 16.3 Å². The number of hydrogen-bond donors (Lipinski definition) is 1. The van der Waals surface area contributed by atoms with Crippen LogP contribution in [0, 0.1) is 0 Å². The molecule has 0 amide bonds. The first-order chi connectivity index (χ1) is 9.81. The molecule has 0 aliphatic heterocycles. The van der Waals surface area contributed by atoms with Crippen LogP contribution in [-0.2, 0) is 0 Å². The van der Waals surface area contributed by atoms with Gasteiger partial charge in [-0.2, -0.15) is 0 Å². The molecule has 0 radical (unpaired) electrons. The largest absolute Gasteiger partial charge is 0.339 e. The molecule has 0 aliphatic rings. The Kier molecular flexibility index (Phi) is 3.61. The number of nitrogens with zero attached hydrogens (tertiary/aromatic N) is 2. The van der Waals surface area contributed by atoms with E-state index in [1.54, 1.807) is 0 Å². The number of benzene rings is 2. The molecule has 20 heavy (non-hydrogen) atoms. The maximum Gasteiger partial charge on any atom is 0.153 e. The van der Waals surface area contributed by atoms with Gasteiger partial charge in [-0.05, 0) is 36.4 Å². The molecule has 98 valence electrons. The van der Waals surface area contributed by atoms with Crippen molar-refractivity contribution in [1.29, 1.82) is 0 Å². The lowest BCUT2D eigenvalue weighted by Gasteiger charge is -2.05. The average Bonchev–Trinajstić information content (AvgIpc) is 2.51. The van der Waals surface area contributed by atoms with Crippen LogP contribution < -0.4 is 5.32 Å². The third-order valence-electron chi connectivity index (χ3n) is 2.85. The van der Waals surface area contributed by atoms with Crippen LogP contribution in [0.25, 0.3) is 11.3 Å². The highest BCUT2D eigenvalue weighted by molar-refractivity contribution is 6.30. The third kappa shape index (κ3) is 2.95. The number of hydrogen-bond acceptors (Lipinski definition) is 3. The fourth-order valence-corrected chi connectivity index (χ4v) is 1.97. The third-order valence-corrected chi connectivity index (χ3v) is 3.10. The molecule has 0 bridgehead atoms. The second-order valence-electron chi connectivity index (χ2n) is 4.30. The van der Waals surface area contributed by atoms with Crippen molar-refractivity contribution in [2.24, 2.45) is 0 Å². The molecule has 0 fully saturated rings. The summed E-state index contributed by atoms with van der Waals surface area (Å²) in [7, 11) is 0. The summed E-state index contributed by atoms with van der Waals surface area (Å²) in [5.41, 5.74) is 2.83. The Morgan fingerprint density at radius 3 is 2.15 bits per heavy atom. The monoisotopic (exact) mass is 281 g/mol. The minimum absolute atomic E-state index is 0.701. The quantitative estimate of drug-likeness (QED) is 0.766. The van der Waals surface area contributed by atoms with E-state index in [9.17, 15) is 0 Å². The zero-order valence-electron chi connectivity index (χ0n) is 10.6. The van der Waals surface area contributed by atoms with Gasteiger partial charge >= 0.3 is 0 Å². The Bertz CT molecular complexity index is 679. The van der Waals surface area contributed by atoms with Crippen molar-refractivity contribution >= 4 is 23.1 Å². The number of nitrogens with one attached hydrogen (secondary N) is 1. The standard InChI is InChI=1S/C16H12ClN3/c17-13-6-8-14(9-7-13)18-16-11-10-15(19-20-16)12-4-2-1-3-5-12/h1-11H,(H,18,20). The normalized spacial score (nSPS) is 10.2. The van der Waals surface area contributed by atoms with E-state index in [1.165, 1.54) is 0 Å². The molecule has 1 N–H and O–H groups in total. The molecule has 1 heterocycles. The molecule has 0 aliphatic carbocycles. The lowest BCUT2D eigenvalue weighted by atomic mass is 10.1. The SMILES string of the molecule is Clc1ccc(Nc2ccc(-c3ccccc3)nn2)cc1. The van der Waals surface area contributed by atoms with Crippen molar-refractivity contribution in [1.82, 2.24) is 10.2 Å². The summed E-state index contributed by atoms with van der Waals surface area (Å²) in [5.74, 6) is 0.701. The van der Waals surface area contributed by atoms with Gasteiger partial charge in [0.2, 0.25) is 0 Å². The molecule has 1 aromatic heterocycles. The number of anilines is 2. The molecule has 0 saturated heterocycles. The molecular formula is C16H12ClN3. The fourth-order valence-electron chi connectivity index (χ4n) is 1.84. The molecule has 0 saturated carbocycles. The fraction of sp³-hybridized carbons (Fsp3) is 0. The van der Waals surface area contributed by atoms with Crippen molar-refractivity contribution in [3.63, 3.8) is 0 Å². The maximum absolute atomic E-state index is 5.85. The summed E-state index contributed by atoms with van der Waals surface area (Å²) < 4.78 is 0. The maximum atomic E-state index is 5.85. The van der Waals surface area contributed by atoms with Gasteiger partial charge in [-0.3, -0.25) is 0 Å². The van der Waals surface area contributed by atoms with Gasteiger partial charge in [0.15, 0.2) is 5.82 Å². The highest BCUT2D eigenvalue weighted by Gasteiger charge is 2.01. The van der Waals surface area contributed by atoms with Gasteiger partial charge in [0.25, 0.3) is 0 Å². The summed E-state index contributed by atoms with van der Waals surface area (Å²) >= 11 is 5.85. The van der Waals surface area contributed by atoms with Gasteiger partial charge in [-0.15, -0.1) is 10.2 Å². The molecule has 2 aromatic carbocycles. The van der Waals surface area contributed by atoms with Crippen LogP contribution in [0.1, 0.15) is 0 Å². The molecule has 3 aromatic rings. The van der Waals surface area contributed by atoms with Gasteiger partial charge in [0.05, 0.1) is 5.69 Å². The van der Waals surface area contributed by atoms with E-state index < -0.39 is 0 Å². The highest BCUT2D eigenvalue weighted by atomic mass is 35.5. The second kappa shape index (κ2) is 5.72. The van der Waals surface area contributed by atoms with Crippen molar-refractivity contribution in [3.05, 3.63) is 71.8 Å². The topological polar surface area (TPSA) is 37.8 Å². The Labute approximate surface area is 122 Å². The molecule has 0 spiro atoms. The van der Waals surface area contributed by atoms with E-state index in [1.807, 2.05) is 66.7 Å². The van der Waals surface area contributed by atoms with E-state index in [0.717, 1.165) is 16.9 Å². The molecule has 4 heteroatoms. The van der Waals surface area contributed by atoms with E-state index >= 15 is 0 Å². The first-order valence-corrected chi connectivity index (χ1v) is 6.61. The van der Waals surface area contributed by atoms with Crippen LogP contribution in [0.2, 0.25) is 5.02 Å². The van der Waals surface area contributed by atoms with Crippen LogP contribution in [0.3, 0.4) is 0 Å². The number of aromatic nitrogens is 2. The predicted octanol–water partition coefficient (Wildman–Crippen LogP) is 4.54. The number of halogens is 1. The highest BCUT2D eigenvalue weighted by Crippen LogP contribution is 2.19. The first kappa shape index (κ1) is 12.6. The molecule has 0 unspecified atom stereocenters. The summed E-state index contributed by atoms with van der Waals surface area (Å²) in [4.78, 5) is 0. The van der Waals surface area contributed by atoms with Crippen LogP contribution in [0.5, 0.6) is 0 Å². The summed E-state index contributed by atoms with van der Waals surface area (Å²) in [6.07, 6.45) is 0. The van der Waals surface area contributed by atoms with Gasteiger partial charge in [-0.1, -0.05) is 41.9 Å². The average molecular weight is 282 g/mol. The van der Waals surface area contributed by atoms with Gasteiger partial charge < -0.3 is 5.32 Å². The summed E-state index contributed by atoms with van der Waals surface area (Å²) in [6.45, 7) is 0. The first-order valence-electron chi connectivity index (χ1n) is 6.23. The Morgan fingerprint density at radius 2 is 1.50 bits per heavy atom. The minimum atomic E-state index is 0.701. The van der Waals surface area contributed by atoms with E-state index in [4.69, 9.17) is 11.6 Å². The van der Waals surface area contributed by atoms with Gasteiger partial charge in [-0.25, -0.2) is 0 Å². The van der Waals surface area contributed by atoms with E-state index in [2.05, 4.69) is 15.5 Å². The van der Waals surface area contributed by atoms with Crippen LogP contribution in [0.15, 0.2) is 66.7 Å². The van der Waals surface area contributed by atoms with Crippen molar-refractivity contribution in [2.75, 3.05) is 5.32 Å². The zero-order valence-corrected chi connectivity index (χ0v) is 11.4. The summed E-state index contributed by atoms with van der Waals surface area (Å²) in [6, 6.07) is 21.3. The zero-order chi connectivity index (χ0) is 13.8. The molecular weight excluding hydrogens is 270 g/mol. The van der Waals surface area contributed by atoms with E-state index in [0.29, 0.717) is 10.8 Å². The predicted molar refractivity (Wildman–Crippen MR) is 82.2 cm³/mol. The van der Waals surface area contributed by atoms with E-state index in [-0.39, 0.29) is 0 Å². The van der Waals surface area contributed by atoms with Crippen LogP contribution >= 0.6 is 11.6 Å². The van der Waals surface area contributed by atoms with Gasteiger partial charge in [0.1, 0.15) is 0 Å². The smallest absolute Gasteiger partial charge is 0.153 e. The molecule has 0 atom stereocenters. The molecule has 3 rings (SSSR count). The molecule has 3 nitrogen and oxygen atoms in total. The summed E-state index contributed by atoms with van der Waals surface area (Å²) in [5, 5.41) is 12.3. The Morgan fingerprint density at radius 1 is 0.750 bits per heavy atom. The van der Waals surface area contributed by atoms with Crippen LogP contribution in [-0.4, -0.2) is 10.2 Å². The van der Waals surface area contributed by atoms with Crippen LogP contribution in [0.4, 0.5) is 11.5 Å². The van der Waals surface area contributed by atoms with Crippen molar-refractivity contribution in [3.8, 4) is 11.3 Å².